The van der Waals surface area contributed by atoms with E-state index in [1.807, 2.05) is 6.92 Å². The summed E-state index contributed by atoms with van der Waals surface area (Å²) in [6, 6.07) is 12.8. The molecule has 0 amide bonds. The number of benzene rings is 2. The van der Waals surface area contributed by atoms with Gasteiger partial charge >= 0.3 is 5.97 Å². The molecule has 0 aliphatic rings. The molecule has 0 saturated heterocycles. The van der Waals surface area contributed by atoms with Crippen LogP contribution in [0.1, 0.15) is 16.1 Å². The van der Waals surface area contributed by atoms with E-state index >= 15 is 0 Å². The molecule has 0 bridgehead atoms. The summed E-state index contributed by atoms with van der Waals surface area (Å²) in [7, 11) is 0. The third-order valence-corrected chi connectivity index (χ3v) is 4.03. The molecule has 2 aromatic heterocycles. The molecule has 0 atom stereocenters. The molecule has 8 heteroatoms. The Bertz CT molecular complexity index is 1310. The van der Waals surface area contributed by atoms with Gasteiger partial charge in [-0.3, -0.25) is 9.59 Å². The van der Waals surface area contributed by atoms with E-state index in [1.165, 1.54) is 0 Å². The van der Waals surface area contributed by atoms with Crippen LogP contribution < -0.4 is 11.0 Å². The Morgan fingerprint density at radius 3 is 2.78 bits per heavy atom. The lowest BCUT2D eigenvalue weighted by Crippen LogP contribution is -2.26. The van der Waals surface area contributed by atoms with Gasteiger partial charge in [0.1, 0.15) is 11.1 Å². The van der Waals surface area contributed by atoms with Crippen molar-refractivity contribution in [2.24, 2.45) is 0 Å². The summed E-state index contributed by atoms with van der Waals surface area (Å²) in [5, 5.41) is 8.37. The Labute approximate surface area is 151 Å². The minimum absolute atomic E-state index is 0.252. The number of carbonyl (C=O) groups excluding carboxylic acids is 1. The average Bonchev–Trinajstić information content (AvgIpc) is 2.68. The molecule has 2 heterocycles. The van der Waals surface area contributed by atoms with Gasteiger partial charge in [-0.2, -0.15) is 4.68 Å². The maximum absolute atomic E-state index is 12.3. The first-order valence-corrected chi connectivity index (χ1v) is 8.07. The maximum atomic E-state index is 12.3. The molecular formula is C19H13N3O5. The number of nitrogens with zero attached hydrogens (tertiary/aromatic N) is 3. The van der Waals surface area contributed by atoms with E-state index in [0.717, 1.165) is 16.3 Å². The van der Waals surface area contributed by atoms with Crippen LogP contribution in [0.5, 0.6) is 0 Å². The van der Waals surface area contributed by atoms with Crippen molar-refractivity contribution in [2.75, 3.05) is 0 Å². The van der Waals surface area contributed by atoms with E-state index in [-0.39, 0.29) is 16.8 Å². The number of ether oxygens (including phenoxy) is 1. The van der Waals surface area contributed by atoms with Crippen LogP contribution in [0.3, 0.4) is 0 Å². The lowest BCUT2D eigenvalue weighted by atomic mass is 10.1. The van der Waals surface area contributed by atoms with E-state index in [4.69, 9.17) is 9.15 Å². The summed E-state index contributed by atoms with van der Waals surface area (Å²) in [5.74, 6) is -1.13. The fraction of sp³-hybridized carbons (Fsp3) is 0.105. The summed E-state index contributed by atoms with van der Waals surface area (Å²) in [5.41, 5.74) is 0.835. The summed E-state index contributed by atoms with van der Waals surface area (Å²) in [4.78, 5) is 36.8. The van der Waals surface area contributed by atoms with Crippen LogP contribution in [0.25, 0.3) is 21.9 Å². The molecule has 4 rings (SSSR count). The molecule has 0 spiro atoms. The highest BCUT2D eigenvalue weighted by Crippen LogP contribution is 2.15. The van der Waals surface area contributed by atoms with Crippen LogP contribution in [0.2, 0.25) is 0 Å². The number of aromatic nitrogens is 3. The van der Waals surface area contributed by atoms with Crippen molar-refractivity contribution in [3.63, 3.8) is 0 Å². The van der Waals surface area contributed by atoms with Crippen molar-refractivity contribution in [3.05, 3.63) is 80.4 Å². The second-order valence-corrected chi connectivity index (χ2v) is 5.95. The SMILES string of the molecule is Cc1ccc2oc(C(=O)OCn3nnc4ccccc4c3=O)cc(=O)c2c1. The number of aryl methyl sites for hydroxylation is 1. The van der Waals surface area contributed by atoms with Crippen molar-refractivity contribution in [1.82, 2.24) is 15.0 Å². The number of hydrogen-bond donors (Lipinski definition) is 0. The van der Waals surface area contributed by atoms with Gasteiger partial charge in [-0.15, -0.1) is 5.10 Å². The zero-order chi connectivity index (χ0) is 19.0. The van der Waals surface area contributed by atoms with Crippen LogP contribution in [0.15, 0.2) is 62.5 Å². The first-order valence-electron chi connectivity index (χ1n) is 8.07. The summed E-state index contributed by atoms with van der Waals surface area (Å²) >= 11 is 0. The summed E-state index contributed by atoms with van der Waals surface area (Å²) < 4.78 is 11.4. The predicted molar refractivity (Wildman–Crippen MR) is 96.4 cm³/mol. The van der Waals surface area contributed by atoms with Gasteiger partial charge in [0.25, 0.3) is 5.56 Å². The van der Waals surface area contributed by atoms with Crippen LogP contribution in [-0.2, 0) is 11.5 Å². The van der Waals surface area contributed by atoms with E-state index in [0.29, 0.717) is 16.3 Å². The highest BCUT2D eigenvalue weighted by Gasteiger charge is 2.15. The van der Waals surface area contributed by atoms with Crippen molar-refractivity contribution in [1.29, 1.82) is 0 Å². The van der Waals surface area contributed by atoms with Crippen LogP contribution in [-0.4, -0.2) is 21.0 Å². The number of rotatable bonds is 3. The Kier molecular flexibility index (Phi) is 4.00. The van der Waals surface area contributed by atoms with E-state index in [2.05, 4.69) is 10.3 Å². The van der Waals surface area contributed by atoms with Gasteiger partial charge in [0.2, 0.25) is 5.76 Å². The maximum Gasteiger partial charge on any atom is 0.376 e. The number of fused-ring (bicyclic) bond motifs is 2. The zero-order valence-corrected chi connectivity index (χ0v) is 14.2. The zero-order valence-electron chi connectivity index (χ0n) is 14.2. The topological polar surface area (TPSA) is 104 Å². The first kappa shape index (κ1) is 16.6. The molecule has 8 nitrogen and oxygen atoms in total. The van der Waals surface area contributed by atoms with Crippen LogP contribution in [0.4, 0.5) is 0 Å². The fourth-order valence-electron chi connectivity index (χ4n) is 2.67. The van der Waals surface area contributed by atoms with Gasteiger partial charge in [-0.25, -0.2) is 4.79 Å². The normalized spacial score (nSPS) is 11.0. The molecular weight excluding hydrogens is 350 g/mol. The van der Waals surface area contributed by atoms with E-state index < -0.39 is 18.3 Å². The van der Waals surface area contributed by atoms with E-state index in [1.54, 1.807) is 42.5 Å². The highest BCUT2D eigenvalue weighted by molar-refractivity contribution is 5.89. The Balaban J connectivity index is 1.61. The van der Waals surface area contributed by atoms with Crippen molar-refractivity contribution < 1.29 is 13.9 Å². The molecule has 0 radical (unpaired) electrons. The minimum Gasteiger partial charge on any atom is -0.449 e. The van der Waals surface area contributed by atoms with Gasteiger partial charge in [0.15, 0.2) is 12.2 Å². The summed E-state index contributed by atoms with van der Waals surface area (Å²) in [6.07, 6.45) is 0. The third kappa shape index (κ3) is 3.08. The molecule has 0 aliphatic heterocycles. The van der Waals surface area contributed by atoms with Gasteiger partial charge in [0.05, 0.1) is 10.8 Å². The monoisotopic (exact) mass is 363 g/mol. The molecule has 0 N–H and O–H groups in total. The summed E-state index contributed by atoms with van der Waals surface area (Å²) in [6.45, 7) is 1.40. The molecule has 0 unspecified atom stereocenters. The number of hydrogen-bond acceptors (Lipinski definition) is 7. The second-order valence-electron chi connectivity index (χ2n) is 5.95. The van der Waals surface area contributed by atoms with Gasteiger partial charge in [0, 0.05) is 6.07 Å². The van der Waals surface area contributed by atoms with Crippen molar-refractivity contribution in [3.8, 4) is 0 Å². The highest BCUT2D eigenvalue weighted by atomic mass is 16.6. The molecule has 2 aromatic carbocycles. The largest absolute Gasteiger partial charge is 0.449 e. The number of esters is 1. The molecule has 0 fully saturated rings. The lowest BCUT2D eigenvalue weighted by molar-refractivity contribution is 0.0301. The molecule has 27 heavy (non-hydrogen) atoms. The Morgan fingerprint density at radius 1 is 1.11 bits per heavy atom. The van der Waals surface area contributed by atoms with Crippen molar-refractivity contribution >= 4 is 27.8 Å². The smallest absolute Gasteiger partial charge is 0.376 e. The Morgan fingerprint density at radius 2 is 1.93 bits per heavy atom. The van der Waals surface area contributed by atoms with Crippen molar-refractivity contribution in [2.45, 2.75) is 13.7 Å². The van der Waals surface area contributed by atoms with Gasteiger partial charge in [-0.1, -0.05) is 29.0 Å². The standard InChI is InChI=1S/C19H13N3O5/c1-11-6-7-16-13(8-11)15(23)9-17(27-16)19(25)26-10-22-18(24)12-4-2-3-5-14(12)20-21-22/h2-9H,10H2,1H3. The quantitative estimate of drug-likeness (QED) is 0.513. The minimum atomic E-state index is -0.878. The van der Waals surface area contributed by atoms with Crippen LogP contribution in [0, 0.1) is 6.92 Å². The molecule has 134 valence electrons. The molecule has 4 aromatic rings. The predicted octanol–water partition coefficient (Wildman–Crippen LogP) is 2.02. The lowest BCUT2D eigenvalue weighted by Gasteiger charge is -2.07. The number of carbonyl (C=O) groups is 1. The molecule has 0 aliphatic carbocycles. The Hall–Kier alpha value is -3.81. The van der Waals surface area contributed by atoms with Gasteiger partial charge in [-0.05, 0) is 31.2 Å². The fourth-order valence-corrected chi connectivity index (χ4v) is 2.67. The second kappa shape index (κ2) is 6.49. The first-order chi connectivity index (χ1) is 13.0. The average molecular weight is 363 g/mol. The van der Waals surface area contributed by atoms with Gasteiger partial charge < -0.3 is 9.15 Å². The third-order valence-electron chi connectivity index (χ3n) is 4.03. The molecule has 0 saturated carbocycles. The van der Waals surface area contributed by atoms with E-state index in [9.17, 15) is 14.4 Å². The van der Waals surface area contributed by atoms with Crippen LogP contribution >= 0.6 is 0 Å².